The fraction of sp³-hybridized carbons (Fsp3) is 0.842. The van der Waals surface area contributed by atoms with Crippen molar-refractivity contribution in [3.05, 3.63) is 17.5 Å². The van der Waals surface area contributed by atoms with Gasteiger partial charge >= 0.3 is 0 Å². The SMILES string of the molecule is CCOCC1C[C@@H](c2[nH]ncc2CN(C)CCNC)CCC1(C)C. The Morgan fingerprint density at radius 1 is 1.46 bits per heavy atom. The minimum atomic E-state index is 0.370. The Labute approximate surface area is 147 Å². The lowest BCUT2D eigenvalue weighted by Gasteiger charge is -2.42. The molecule has 1 aromatic rings. The zero-order chi connectivity index (χ0) is 17.6. The normalized spacial score (nSPS) is 23.8. The van der Waals surface area contributed by atoms with Crippen LogP contribution in [-0.4, -0.2) is 55.5 Å². The van der Waals surface area contributed by atoms with Crippen LogP contribution in [0.5, 0.6) is 0 Å². The van der Waals surface area contributed by atoms with Gasteiger partial charge in [0.05, 0.1) is 6.20 Å². The molecule has 5 nitrogen and oxygen atoms in total. The summed E-state index contributed by atoms with van der Waals surface area (Å²) in [5.74, 6) is 1.20. The number of likely N-dealkylation sites (N-methyl/N-ethyl adjacent to an activating group) is 2. The Kier molecular flexibility index (Phi) is 7.26. The first kappa shape index (κ1) is 19.4. The van der Waals surface area contributed by atoms with Gasteiger partial charge in [0.25, 0.3) is 0 Å². The minimum absolute atomic E-state index is 0.370. The maximum atomic E-state index is 5.77. The summed E-state index contributed by atoms with van der Waals surface area (Å²) in [7, 11) is 4.18. The lowest BCUT2D eigenvalue weighted by molar-refractivity contribution is 0.0223. The maximum absolute atomic E-state index is 5.77. The smallest absolute Gasteiger partial charge is 0.0535 e. The lowest BCUT2D eigenvalue weighted by Crippen LogP contribution is -2.35. The molecule has 24 heavy (non-hydrogen) atoms. The molecule has 0 radical (unpaired) electrons. The molecule has 1 unspecified atom stereocenters. The van der Waals surface area contributed by atoms with Gasteiger partial charge < -0.3 is 15.0 Å². The van der Waals surface area contributed by atoms with Crippen LogP contribution >= 0.6 is 0 Å². The molecule has 5 heteroatoms. The van der Waals surface area contributed by atoms with Crippen molar-refractivity contribution in [2.24, 2.45) is 11.3 Å². The van der Waals surface area contributed by atoms with Gasteiger partial charge in [0.15, 0.2) is 0 Å². The van der Waals surface area contributed by atoms with Crippen LogP contribution in [0.25, 0.3) is 0 Å². The second kappa shape index (κ2) is 8.97. The van der Waals surface area contributed by atoms with Gasteiger partial charge in [0, 0.05) is 50.0 Å². The molecule has 2 rings (SSSR count). The van der Waals surface area contributed by atoms with Gasteiger partial charge in [-0.05, 0) is 51.6 Å². The third-order valence-electron chi connectivity index (χ3n) is 5.68. The van der Waals surface area contributed by atoms with Gasteiger partial charge in [-0.2, -0.15) is 5.10 Å². The van der Waals surface area contributed by atoms with Crippen LogP contribution in [-0.2, 0) is 11.3 Å². The van der Waals surface area contributed by atoms with E-state index < -0.39 is 0 Å². The molecule has 1 aliphatic carbocycles. The molecule has 1 aliphatic rings. The first-order chi connectivity index (χ1) is 11.5. The van der Waals surface area contributed by atoms with E-state index in [1.165, 1.54) is 30.5 Å². The zero-order valence-corrected chi connectivity index (χ0v) is 16.2. The summed E-state index contributed by atoms with van der Waals surface area (Å²) >= 11 is 0. The van der Waals surface area contributed by atoms with Gasteiger partial charge in [0.1, 0.15) is 0 Å². The summed E-state index contributed by atoms with van der Waals surface area (Å²) in [4.78, 5) is 2.36. The Hall–Kier alpha value is -0.910. The number of rotatable bonds is 9. The van der Waals surface area contributed by atoms with Crippen LogP contribution in [0.2, 0.25) is 0 Å². The quantitative estimate of drug-likeness (QED) is 0.728. The van der Waals surface area contributed by atoms with E-state index in [1.807, 2.05) is 13.2 Å². The van der Waals surface area contributed by atoms with E-state index >= 15 is 0 Å². The van der Waals surface area contributed by atoms with Crippen molar-refractivity contribution in [3.8, 4) is 0 Å². The summed E-state index contributed by atoms with van der Waals surface area (Å²) in [6.07, 6.45) is 5.71. The summed E-state index contributed by atoms with van der Waals surface area (Å²) in [6.45, 7) is 11.6. The van der Waals surface area contributed by atoms with Crippen molar-refractivity contribution < 1.29 is 4.74 Å². The van der Waals surface area contributed by atoms with Gasteiger partial charge in [-0.1, -0.05) is 13.8 Å². The predicted molar refractivity (Wildman–Crippen MR) is 99.2 cm³/mol. The van der Waals surface area contributed by atoms with Crippen molar-refractivity contribution in [2.45, 2.75) is 52.5 Å². The molecule has 1 fully saturated rings. The third-order valence-corrected chi connectivity index (χ3v) is 5.68. The minimum Gasteiger partial charge on any atom is -0.381 e. The van der Waals surface area contributed by atoms with E-state index in [9.17, 15) is 0 Å². The number of hydrogen-bond acceptors (Lipinski definition) is 4. The fourth-order valence-corrected chi connectivity index (χ4v) is 3.82. The number of H-pyrrole nitrogens is 1. The largest absolute Gasteiger partial charge is 0.381 e. The molecular weight excluding hydrogens is 300 g/mol. The molecule has 2 N–H and O–H groups in total. The summed E-state index contributed by atoms with van der Waals surface area (Å²) in [5, 5.41) is 10.9. The summed E-state index contributed by atoms with van der Waals surface area (Å²) in [5.41, 5.74) is 3.08. The molecule has 1 aromatic heterocycles. The fourth-order valence-electron chi connectivity index (χ4n) is 3.82. The van der Waals surface area contributed by atoms with Gasteiger partial charge in [-0.15, -0.1) is 0 Å². The Morgan fingerprint density at radius 3 is 2.96 bits per heavy atom. The van der Waals surface area contributed by atoms with E-state index in [-0.39, 0.29) is 0 Å². The van der Waals surface area contributed by atoms with Crippen LogP contribution in [0.15, 0.2) is 6.20 Å². The Bertz CT molecular complexity index is 485. The number of nitrogens with zero attached hydrogens (tertiary/aromatic N) is 2. The second-order valence-corrected chi connectivity index (χ2v) is 7.97. The number of hydrogen-bond donors (Lipinski definition) is 2. The molecule has 1 heterocycles. The number of nitrogens with one attached hydrogen (secondary N) is 2. The van der Waals surface area contributed by atoms with E-state index in [0.717, 1.165) is 32.8 Å². The average molecular weight is 337 g/mol. The highest BCUT2D eigenvalue weighted by Crippen LogP contribution is 2.46. The monoisotopic (exact) mass is 336 g/mol. The first-order valence-corrected chi connectivity index (χ1v) is 9.41. The molecule has 0 aliphatic heterocycles. The zero-order valence-electron chi connectivity index (χ0n) is 16.2. The highest BCUT2D eigenvalue weighted by Gasteiger charge is 2.38. The molecular formula is C19H36N4O. The molecule has 1 saturated carbocycles. The maximum Gasteiger partial charge on any atom is 0.0535 e. The standard InChI is InChI=1S/C19H36N4O/c1-6-24-14-17-11-15(7-8-19(17,2)3)18-16(12-21-22-18)13-23(5)10-9-20-4/h12,15,17,20H,6-11,13-14H2,1-5H3,(H,21,22)/t15-,17?/m0/s1. The third kappa shape index (κ3) is 5.04. The van der Waals surface area contributed by atoms with E-state index in [4.69, 9.17) is 4.74 Å². The molecule has 0 spiro atoms. The average Bonchev–Trinajstić information content (AvgIpc) is 2.99. The van der Waals surface area contributed by atoms with Crippen molar-refractivity contribution >= 4 is 0 Å². The van der Waals surface area contributed by atoms with Gasteiger partial charge in [0.2, 0.25) is 0 Å². The Balaban J connectivity index is 2.02. The van der Waals surface area contributed by atoms with Crippen LogP contribution < -0.4 is 5.32 Å². The number of aromatic amines is 1. The summed E-state index contributed by atoms with van der Waals surface area (Å²) < 4.78 is 5.77. The van der Waals surface area contributed by atoms with Crippen LogP contribution in [0, 0.1) is 11.3 Å². The van der Waals surface area contributed by atoms with Crippen molar-refractivity contribution in [1.82, 2.24) is 20.4 Å². The van der Waals surface area contributed by atoms with E-state index in [1.54, 1.807) is 0 Å². The lowest BCUT2D eigenvalue weighted by atomic mass is 9.65. The molecule has 138 valence electrons. The van der Waals surface area contributed by atoms with Crippen molar-refractivity contribution in [2.75, 3.05) is 40.4 Å². The number of aromatic nitrogens is 2. The van der Waals surface area contributed by atoms with Crippen molar-refractivity contribution in [3.63, 3.8) is 0 Å². The number of ether oxygens (including phenoxy) is 1. The highest BCUT2D eigenvalue weighted by molar-refractivity contribution is 5.21. The molecule has 0 aromatic carbocycles. The van der Waals surface area contributed by atoms with Gasteiger partial charge in [-0.3, -0.25) is 5.10 Å². The van der Waals surface area contributed by atoms with E-state index in [2.05, 4.69) is 48.2 Å². The summed E-state index contributed by atoms with van der Waals surface area (Å²) in [6, 6.07) is 0. The van der Waals surface area contributed by atoms with Gasteiger partial charge in [-0.25, -0.2) is 0 Å². The van der Waals surface area contributed by atoms with Crippen LogP contribution in [0.1, 0.15) is 57.2 Å². The van der Waals surface area contributed by atoms with Crippen LogP contribution in [0.4, 0.5) is 0 Å². The molecule has 0 bridgehead atoms. The van der Waals surface area contributed by atoms with E-state index in [0.29, 0.717) is 17.3 Å². The van der Waals surface area contributed by atoms with Crippen LogP contribution in [0.3, 0.4) is 0 Å². The topological polar surface area (TPSA) is 53.2 Å². The van der Waals surface area contributed by atoms with Crippen molar-refractivity contribution in [1.29, 1.82) is 0 Å². The molecule has 0 amide bonds. The Morgan fingerprint density at radius 2 is 2.25 bits per heavy atom. The highest BCUT2D eigenvalue weighted by atomic mass is 16.5. The predicted octanol–water partition coefficient (Wildman–Crippen LogP) is 3.01. The first-order valence-electron chi connectivity index (χ1n) is 9.41. The second-order valence-electron chi connectivity index (χ2n) is 7.97. The molecule has 2 atom stereocenters. The molecule has 0 saturated heterocycles.